The summed E-state index contributed by atoms with van der Waals surface area (Å²) in [7, 11) is 0. The summed E-state index contributed by atoms with van der Waals surface area (Å²) in [5.74, 6) is -0.451. The Morgan fingerprint density at radius 2 is 1.84 bits per heavy atom. The highest BCUT2D eigenvalue weighted by molar-refractivity contribution is 9.10. The van der Waals surface area contributed by atoms with Crippen LogP contribution in [0.1, 0.15) is 35.1 Å². The van der Waals surface area contributed by atoms with Crippen molar-refractivity contribution in [2.45, 2.75) is 33.0 Å². The van der Waals surface area contributed by atoms with Crippen molar-refractivity contribution in [2.75, 3.05) is 5.32 Å². The van der Waals surface area contributed by atoms with Gasteiger partial charge in [0.25, 0.3) is 0 Å². The summed E-state index contributed by atoms with van der Waals surface area (Å²) < 4.78 is 39.4. The maximum absolute atomic E-state index is 12.8. The van der Waals surface area contributed by atoms with Gasteiger partial charge in [0.1, 0.15) is 0 Å². The molecule has 1 heterocycles. The quantitative estimate of drug-likeness (QED) is 0.741. The lowest BCUT2D eigenvalue weighted by atomic mass is 10.1. The fourth-order valence-corrected chi connectivity index (χ4v) is 2.65. The summed E-state index contributed by atoms with van der Waals surface area (Å²) in [6.45, 7) is 2.94. The SMILES string of the molecule is CC(=O)c1ccc(NC(=O)CCn2nc(C(F)(F)F)c(Br)c2C)cc1. The maximum Gasteiger partial charge on any atom is 0.436 e. The predicted molar refractivity (Wildman–Crippen MR) is 89.4 cm³/mol. The van der Waals surface area contributed by atoms with Crippen LogP contribution in [0.3, 0.4) is 0 Å². The van der Waals surface area contributed by atoms with E-state index in [2.05, 4.69) is 26.3 Å². The van der Waals surface area contributed by atoms with E-state index in [9.17, 15) is 22.8 Å². The van der Waals surface area contributed by atoms with Crippen molar-refractivity contribution in [2.24, 2.45) is 0 Å². The van der Waals surface area contributed by atoms with Gasteiger partial charge in [-0.25, -0.2) is 0 Å². The number of hydrogen-bond donors (Lipinski definition) is 1. The smallest absolute Gasteiger partial charge is 0.326 e. The lowest BCUT2D eigenvalue weighted by Crippen LogP contribution is -2.16. The minimum absolute atomic E-state index is 0.0118. The van der Waals surface area contributed by atoms with Crippen LogP contribution in [-0.2, 0) is 17.5 Å². The Hall–Kier alpha value is -2.16. The number of aromatic nitrogens is 2. The Balaban J connectivity index is 1.99. The molecule has 1 aromatic heterocycles. The predicted octanol–water partition coefficient (Wildman–Crippen LogP) is 4.20. The molecule has 0 aliphatic heterocycles. The monoisotopic (exact) mass is 417 g/mol. The maximum atomic E-state index is 12.8. The largest absolute Gasteiger partial charge is 0.436 e. The van der Waals surface area contributed by atoms with Gasteiger partial charge in [-0.2, -0.15) is 18.3 Å². The molecule has 0 bridgehead atoms. The molecule has 5 nitrogen and oxygen atoms in total. The Morgan fingerprint density at radius 3 is 2.32 bits per heavy atom. The standard InChI is InChI=1S/C16H15BrF3N3O2/c1-9-14(17)15(16(18,19)20)22-23(9)8-7-13(25)21-12-5-3-11(4-6-12)10(2)24/h3-6H,7-8H2,1-2H3,(H,21,25). The number of carbonyl (C=O) groups excluding carboxylic acids is 2. The molecule has 9 heteroatoms. The molecule has 0 aliphatic rings. The van der Waals surface area contributed by atoms with E-state index in [0.29, 0.717) is 16.9 Å². The van der Waals surface area contributed by atoms with Gasteiger partial charge in [-0.1, -0.05) is 0 Å². The number of alkyl halides is 3. The van der Waals surface area contributed by atoms with Crippen LogP contribution in [0, 0.1) is 6.92 Å². The van der Waals surface area contributed by atoms with Crippen LogP contribution in [0.2, 0.25) is 0 Å². The second-order valence-electron chi connectivity index (χ2n) is 5.40. The van der Waals surface area contributed by atoms with Gasteiger partial charge >= 0.3 is 6.18 Å². The summed E-state index contributed by atoms with van der Waals surface area (Å²) in [5.41, 5.74) is 0.315. The number of rotatable bonds is 5. The van der Waals surface area contributed by atoms with Crippen molar-refractivity contribution in [1.82, 2.24) is 9.78 Å². The minimum Gasteiger partial charge on any atom is -0.326 e. The van der Waals surface area contributed by atoms with E-state index in [1.165, 1.54) is 13.8 Å². The van der Waals surface area contributed by atoms with Crippen molar-refractivity contribution in [1.29, 1.82) is 0 Å². The Kier molecular flexibility index (Phi) is 5.66. The van der Waals surface area contributed by atoms with E-state index in [0.717, 1.165) is 4.68 Å². The van der Waals surface area contributed by atoms with Crippen molar-refractivity contribution >= 4 is 33.3 Å². The number of nitrogens with one attached hydrogen (secondary N) is 1. The molecule has 25 heavy (non-hydrogen) atoms. The second-order valence-corrected chi connectivity index (χ2v) is 6.19. The first kappa shape index (κ1) is 19.2. The summed E-state index contributed by atoms with van der Waals surface area (Å²) >= 11 is 2.88. The van der Waals surface area contributed by atoms with Crippen molar-refractivity contribution < 1.29 is 22.8 Å². The molecular formula is C16H15BrF3N3O2. The molecule has 2 rings (SSSR count). The molecule has 1 N–H and O–H groups in total. The van der Waals surface area contributed by atoms with Gasteiger partial charge in [0.2, 0.25) is 5.91 Å². The number of hydrogen-bond acceptors (Lipinski definition) is 3. The third-order valence-corrected chi connectivity index (χ3v) is 4.48. The molecular weight excluding hydrogens is 403 g/mol. The molecule has 2 aromatic rings. The first-order chi connectivity index (χ1) is 11.6. The van der Waals surface area contributed by atoms with E-state index in [4.69, 9.17) is 0 Å². The lowest BCUT2D eigenvalue weighted by molar-refractivity contribution is -0.142. The average molecular weight is 418 g/mol. The number of anilines is 1. The highest BCUT2D eigenvalue weighted by atomic mass is 79.9. The minimum atomic E-state index is -4.56. The summed E-state index contributed by atoms with van der Waals surface area (Å²) in [5, 5.41) is 6.14. The molecule has 0 unspecified atom stereocenters. The Morgan fingerprint density at radius 1 is 1.24 bits per heavy atom. The lowest BCUT2D eigenvalue weighted by Gasteiger charge is -2.07. The van der Waals surface area contributed by atoms with Gasteiger partial charge in [-0.3, -0.25) is 14.3 Å². The van der Waals surface area contributed by atoms with Gasteiger partial charge in [0.15, 0.2) is 11.5 Å². The third kappa shape index (κ3) is 4.68. The highest BCUT2D eigenvalue weighted by Gasteiger charge is 2.37. The molecule has 0 saturated carbocycles. The molecule has 0 spiro atoms. The molecule has 0 radical (unpaired) electrons. The number of nitrogens with zero attached hydrogens (tertiary/aromatic N) is 2. The van der Waals surface area contributed by atoms with Crippen LogP contribution in [0.4, 0.5) is 18.9 Å². The van der Waals surface area contributed by atoms with Crippen molar-refractivity contribution in [3.63, 3.8) is 0 Å². The summed E-state index contributed by atoms with van der Waals surface area (Å²) in [6.07, 6.45) is -4.60. The van der Waals surface area contributed by atoms with Gasteiger partial charge in [0, 0.05) is 17.7 Å². The summed E-state index contributed by atoms with van der Waals surface area (Å²) in [6, 6.07) is 6.35. The number of benzene rings is 1. The fourth-order valence-electron chi connectivity index (χ4n) is 2.14. The molecule has 0 saturated heterocycles. The first-order valence-electron chi connectivity index (χ1n) is 7.30. The number of ketones is 1. The van der Waals surface area contributed by atoms with Gasteiger partial charge in [0.05, 0.1) is 16.7 Å². The van der Waals surface area contributed by atoms with E-state index in [1.54, 1.807) is 24.3 Å². The van der Waals surface area contributed by atoms with Crippen LogP contribution >= 0.6 is 15.9 Å². The number of Topliss-reactive ketones (excluding diaryl/α,β-unsaturated/α-hetero) is 1. The molecule has 0 aliphatic carbocycles. The van der Waals surface area contributed by atoms with Crippen LogP contribution in [0.25, 0.3) is 0 Å². The summed E-state index contributed by atoms with van der Waals surface area (Å²) in [4.78, 5) is 23.1. The number of halogens is 4. The third-order valence-electron chi connectivity index (χ3n) is 3.53. The molecule has 1 amide bonds. The highest BCUT2D eigenvalue weighted by Crippen LogP contribution is 2.35. The van der Waals surface area contributed by atoms with Crippen LogP contribution in [0.5, 0.6) is 0 Å². The van der Waals surface area contributed by atoms with E-state index in [-0.39, 0.29) is 29.1 Å². The van der Waals surface area contributed by atoms with Crippen LogP contribution in [0.15, 0.2) is 28.7 Å². The van der Waals surface area contributed by atoms with Gasteiger partial charge < -0.3 is 5.32 Å². The molecule has 134 valence electrons. The zero-order valence-corrected chi connectivity index (χ0v) is 15.0. The number of carbonyl (C=O) groups is 2. The normalized spacial score (nSPS) is 11.4. The van der Waals surface area contributed by atoms with E-state index >= 15 is 0 Å². The average Bonchev–Trinajstić information content (AvgIpc) is 2.81. The van der Waals surface area contributed by atoms with Crippen molar-refractivity contribution in [3.05, 3.63) is 45.7 Å². The van der Waals surface area contributed by atoms with Crippen molar-refractivity contribution in [3.8, 4) is 0 Å². The van der Waals surface area contributed by atoms with E-state index < -0.39 is 11.9 Å². The number of amides is 1. The topological polar surface area (TPSA) is 64.0 Å². The van der Waals surface area contributed by atoms with Crippen LogP contribution in [-0.4, -0.2) is 21.5 Å². The number of aryl methyl sites for hydroxylation is 1. The second kappa shape index (κ2) is 7.38. The zero-order chi connectivity index (χ0) is 18.8. The molecule has 0 atom stereocenters. The first-order valence-corrected chi connectivity index (χ1v) is 8.10. The van der Waals surface area contributed by atoms with E-state index in [1.807, 2.05) is 0 Å². The molecule has 1 aromatic carbocycles. The Labute approximate surface area is 150 Å². The van der Waals surface area contributed by atoms with Gasteiger partial charge in [-0.15, -0.1) is 0 Å². The Bertz CT molecular complexity index is 798. The zero-order valence-electron chi connectivity index (χ0n) is 13.4. The fraction of sp³-hybridized carbons (Fsp3) is 0.312. The molecule has 0 fully saturated rings. The van der Waals surface area contributed by atoms with Crippen LogP contribution < -0.4 is 5.32 Å². The van der Waals surface area contributed by atoms with Gasteiger partial charge in [-0.05, 0) is 54.0 Å².